The zero-order valence-electron chi connectivity index (χ0n) is 12.0. The van der Waals surface area contributed by atoms with Gasteiger partial charge in [-0.1, -0.05) is 0 Å². The van der Waals surface area contributed by atoms with Crippen LogP contribution < -0.4 is 10.6 Å². The number of Topliss-reactive ketones (excluding diaryl/α,β-unsaturated/α-hetero) is 1. The second-order valence-corrected chi connectivity index (χ2v) is 4.96. The number of carbonyl (C=O) groups is 3. The minimum absolute atomic E-state index is 0.146. The molecular formula is C13H15N3O6. The molecule has 0 saturated heterocycles. The molecule has 22 heavy (non-hydrogen) atoms. The Labute approximate surface area is 125 Å². The predicted octanol–water partition coefficient (Wildman–Crippen LogP) is 0.940. The number of carbonyl (C=O) groups excluding carboxylic acids is 2. The molecule has 0 aliphatic rings. The van der Waals surface area contributed by atoms with E-state index >= 15 is 0 Å². The molecular weight excluding hydrogens is 294 g/mol. The van der Waals surface area contributed by atoms with Gasteiger partial charge in [-0.15, -0.1) is 0 Å². The molecule has 0 aromatic heterocycles. The van der Waals surface area contributed by atoms with Crippen LogP contribution in [-0.2, 0) is 4.79 Å². The third kappa shape index (κ3) is 4.54. The van der Waals surface area contributed by atoms with Crippen LogP contribution >= 0.6 is 0 Å². The lowest BCUT2D eigenvalue weighted by Gasteiger charge is -2.23. The summed E-state index contributed by atoms with van der Waals surface area (Å²) in [6.45, 7) is 2.36. The molecule has 0 saturated carbocycles. The molecule has 2 amide bonds. The van der Waals surface area contributed by atoms with E-state index in [0.717, 1.165) is 0 Å². The van der Waals surface area contributed by atoms with Crippen LogP contribution in [-0.4, -0.2) is 39.9 Å². The molecule has 0 aliphatic heterocycles. The Morgan fingerprint density at radius 1 is 1.23 bits per heavy atom. The van der Waals surface area contributed by atoms with Gasteiger partial charge in [0.1, 0.15) is 5.54 Å². The van der Waals surface area contributed by atoms with Gasteiger partial charge in [-0.3, -0.25) is 19.7 Å². The van der Waals surface area contributed by atoms with E-state index in [-0.39, 0.29) is 17.8 Å². The molecule has 118 valence electrons. The van der Waals surface area contributed by atoms with E-state index < -0.39 is 28.2 Å². The summed E-state index contributed by atoms with van der Waals surface area (Å²) in [5.74, 6) is -1.11. The van der Waals surface area contributed by atoms with Crippen molar-refractivity contribution in [3.05, 3.63) is 39.9 Å². The molecule has 0 aliphatic carbocycles. The Kier molecular flexibility index (Phi) is 5.17. The summed E-state index contributed by atoms with van der Waals surface area (Å²) in [6.07, 6.45) is -1.36. The fourth-order valence-corrected chi connectivity index (χ4v) is 1.58. The zero-order valence-corrected chi connectivity index (χ0v) is 12.0. The largest absolute Gasteiger partial charge is 0.465 e. The first-order valence-corrected chi connectivity index (χ1v) is 6.20. The number of carboxylic acid groups (broad SMARTS) is 1. The number of benzene rings is 1. The first-order chi connectivity index (χ1) is 10.1. The average Bonchev–Trinajstić information content (AvgIpc) is 2.43. The van der Waals surface area contributed by atoms with Gasteiger partial charge >= 0.3 is 6.09 Å². The first-order valence-electron chi connectivity index (χ1n) is 6.20. The molecule has 0 bridgehead atoms. The third-order valence-electron chi connectivity index (χ3n) is 2.80. The zero-order chi connectivity index (χ0) is 16.9. The lowest BCUT2D eigenvalue weighted by atomic mass is 10.0. The number of rotatable bonds is 6. The smallest absolute Gasteiger partial charge is 0.405 e. The van der Waals surface area contributed by atoms with Crippen molar-refractivity contribution in [3.63, 3.8) is 0 Å². The van der Waals surface area contributed by atoms with Crippen molar-refractivity contribution in [2.24, 2.45) is 0 Å². The SMILES string of the molecule is CC(C)(NC(=O)O)C(=O)NCC(=O)c1ccc([N+](=O)[O-])cc1. The van der Waals surface area contributed by atoms with Crippen LogP contribution in [0.1, 0.15) is 24.2 Å². The van der Waals surface area contributed by atoms with Crippen LogP contribution in [0.4, 0.5) is 10.5 Å². The van der Waals surface area contributed by atoms with Gasteiger partial charge in [0.25, 0.3) is 5.69 Å². The number of hydrogen-bond acceptors (Lipinski definition) is 5. The standard InChI is InChI=1S/C13H15N3O6/c1-13(2,15-12(19)20)11(18)14-7-10(17)8-3-5-9(6-4-8)16(21)22/h3-6,15H,7H2,1-2H3,(H,14,18)(H,19,20). The van der Waals surface area contributed by atoms with Gasteiger partial charge < -0.3 is 15.7 Å². The lowest BCUT2D eigenvalue weighted by Crippen LogP contribution is -2.55. The van der Waals surface area contributed by atoms with Gasteiger partial charge in [0.05, 0.1) is 11.5 Å². The normalized spacial score (nSPS) is 10.6. The van der Waals surface area contributed by atoms with Crippen LogP contribution in [0.3, 0.4) is 0 Å². The molecule has 0 radical (unpaired) electrons. The Hall–Kier alpha value is -2.97. The second kappa shape index (κ2) is 6.66. The van der Waals surface area contributed by atoms with Crippen LogP contribution in [0.15, 0.2) is 24.3 Å². The van der Waals surface area contributed by atoms with Crippen molar-refractivity contribution < 1.29 is 24.4 Å². The molecule has 0 spiro atoms. The first kappa shape index (κ1) is 17.1. The van der Waals surface area contributed by atoms with Gasteiger partial charge in [-0.2, -0.15) is 0 Å². The van der Waals surface area contributed by atoms with Crippen molar-refractivity contribution in [2.45, 2.75) is 19.4 Å². The fraction of sp³-hybridized carbons (Fsp3) is 0.308. The summed E-state index contributed by atoms with van der Waals surface area (Å²) < 4.78 is 0. The van der Waals surface area contributed by atoms with E-state index in [9.17, 15) is 24.5 Å². The van der Waals surface area contributed by atoms with Crippen molar-refractivity contribution >= 4 is 23.5 Å². The van der Waals surface area contributed by atoms with Crippen molar-refractivity contribution in [2.75, 3.05) is 6.54 Å². The highest BCUT2D eigenvalue weighted by Gasteiger charge is 2.29. The molecule has 0 atom stereocenters. The number of nitro benzene ring substituents is 1. The number of hydrogen-bond donors (Lipinski definition) is 3. The summed E-state index contributed by atoms with van der Waals surface area (Å²) in [7, 11) is 0. The lowest BCUT2D eigenvalue weighted by molar-refractivity contribution is -0.384. The number of non-ortho nitro benzene ring substituents is 1. The molecule has 1 aromatic rings. The number of nitrogens with zero attached hydrogens (tertiary/aromatic N) is 1. The van der Waals surface area contributed by atoms with E-state index in [1.807, 2.05) is 5.32 Å². The van der Waals surface area contributed by atoms with Crippen LogP contribution in [0, 0.1) is 10.1 Å². The Morgan fingerprint density at radius 2 is 1.77 bits per heavy atom. The van der Waals surface area contributed by atoms with Crippen LogP contribution in [0.2, 0.25) is 0 Å². The summed E-state index contributed by atoms with van der Waals surface area (Å²) in [4.78, 5) is 44.1. The highest BCUT2D eigenvalue weighted by molar-refractivity contribution is 6.00. The maximum Gasteiger partial charge on any atom is 0.405 e. The molecule has 9 nitrogen and oxygen atoms in total. The minimum Gasteiger partial charge on any atom is -0.465 e. The topological polar surface area (TPSA) is 139 Å². The fourth-order valence-electron chi connectivity index (χ4n) is 1.58. The number of nitro groups is 1. The quantitative estimate of drug-likeness (QED) is 0.406. The summed E-state index contributed by atoms with van der Waals surface area (Å²) in [5, 5.41) is 23.5. The molecule has 1 aromatic carbocycles. The number of nitrogens with one attached hydrogen (secondary N) is 2. The molecule has 9 heteroatoms. The van der Waals surface area contributed by atoms with E-state index in [2.05, 4.69) is 5.32 Å². The second-order valence-electron chi connectivity index (χ2n) is 4.96. The van der Waals surface area contributed by atoms with Crippen molar-refractivity contribution in [1.82, 2.24) is 10.6 Å². The monoisotopic (exact) mass is 309 g/mol. The minimum atomic E-state index is -1.39. The van der Waals surface area contributed by atoms with E-state index in [1.54, 1.807) is 0 Å². The van der Waals surface area contributed by atoms with Gasteiger partial charge in [-0.05, 0) is 26.0 Å². The number of ketones is 1. The van der Waals surface area contributed by atoms with E-state index in [1.165, 1.54) is 38.1 Å². The molecule has 0 unspecified atom stereocenters. The van der Waals surface area contributed by atoms with Crippen molar-refractivity contribution in [3.8, 4) is 0 Å². The summed E-state index contributed by atoms with van der Waals surface area (Å²) in [6, 6.07) is 4.94. The Morgan fingerprint density at radius 3 is 2.23 bits per heavy atom. The maximum atomic E-state index is 11.9. The van der Waals surface area contributed by atoms with Gasteiger partial charge in [0, 0.05) is 17.7 Å². The third-order valence-corrected chi connectivity index (χ3v) is 2.80. The van der Waals surface area contributed by atoms with Crippen LogP contribution in [0.25, 0.3) is 0 Å². The Balaban J connectivity index is 2.64. The predicted molar refractivity (Wildman–Crippen MR) is 75.7 cm³/mol. The highest BCUT2D eigenvalue weighted by atomic mass is 16.6. The summed E-state index contributed by atoms with van der Waals surface area (Å²) in [5.41, 5.74) is -1.33. The highest BCUT2D eigenvalue weighted by Crippen LogP contribution is 2.12. The maximum absolute atomic E-state index is 11.9. The number of amides is 2. The van der Waals surface area contributed by atoms with Crippen LogP contribution in [0.5, 0.6) is 0 Å². The van der Waals surface area contributed by atoms with E-state index in [4.69, 9.17) is 5.11 Å². The Bertz CT molecular complexity index is 609. The van der Waals surface area contributed by atoms with Gasteiger partial charge in [-0.25, -0.2) is 4.79 Å². The van der Waals surface area contributed by atoms with E-state index in [0.29, 0.717) is 0 Å². The molecule has 0 heterocycles. The molecule has 0 fully saturated rings. The average molecular weight is 309 g/mol. The van der Waals surface area contributed by atoms with Gasteiger partial charge in [0.2, 0.25) is 5.91 Å². The van der Waals surface area contributed by atoms with Crippen molar-refractivity contribution in [1.29, 1.82) is 0 Å². The molecule has 1 rings (SSSR count). The van der Waals surface area contributed by atoms with Gasteiger partial charge in [0.15, 0.2) is 5.78 Å². The summed E-state index contributed by atoms with van der Waals surface area (Å²) >= 11 is 0. The molecule has 3 N–H and O–H groups in total.